The van der Waals surface area contributed by atoms with E-state index in [4.69, 9.17) is 4.74 Å². The first-order valence-corrected chi connectivity index (χ1v) is 10.5. The molecule has 4 heterocycles. The first kappa shape index (κ1) is 19.4. The Morgan fingerprint density at radius 3 is 2.58 bits per heavy atom. The summed E-state index contributed by atoms with van der Waals surface area (Å²) < 4.78 is 6.56. The predicted octanol–water partition coefficient (Wildman–Crippen LogP) is 0.442. The van der Waals surface area contributed by atoms with Crippen LogP contribution in [0.1, 0.15) is 17.3 Å². The Morgan fingerprint density at radius 1 is 1.19 bits per heavy atom. The van der Waals surface area contributed by atoms with Crippen molar-refractivity contribution in [1.82, 2.24) is 14.2 Å². The van der Waals surface area contributed by atoms with Crippen LogP contribution in [0.25, 0.3) is 5.57 Å². The molecule has 2 aromatic rings. The maximum Gasteiger partial charge on any atom is 0.342 e. The van der Waals surface area contributed by atoms with Crippen molar-refractivity contribution in [1.29, 1.82) is 0 Å². The number of nitrogens with zero attached hydrogens (tertiary/aromatic N) is 4. The van der Waals surface area contributed by atoms with Crippen molar-refractivity contribution in [3.05, 3.63) is 72.0 Å². The number of hydrogen-bond acceptors (Lipinski definition) is 10. The Kier molecular flexibility index (Phi) is 4.40. The second kappa shape index (κ2) is 7.02. The molecule has 0 bridgehead atoms. The quantitative estimate of drug-likeness (QED) is 0.294. The number of thioether (sulfide) groups is 1. The van der Waals surface area contributed by atoms with E-state index < -0.39 is 39.3 Å². The fourth-order valence-electron chi connectivity index (χ4n) is 3.49. The van der Waals surface area contributed by atoms with Crippen LogP contribution in [0.4, 0.5) is 5.69 Å². The molecule has 1 N–H and O–H groups in total. The van der Waals surface area contributed by atoms with Crippen LogP contribution in [-0.2, 0) is 14.3 Å². The third-order valence-electron chi connectivity index (χ3n) is 4.79. The Bertz CT molecular complexity index is 1360. The third-order valence-corrected chi connectivity index (χ3v) is 6.89. The standard InChI is InChI=1S/C17H9N5O7S2/c23-8-5-30-14(18-8)11-9(6-1-3-7(4-2-6)22(27)28)10-12-19-20-13(24)15(25)21(12)31-17(10)29-16(11)26/h1-4,10,17H,5H2,(H,20,24). The second-order valence-electron chi connectivity index (χ2n) is 6.56. The van der Waals surface area contributed by atoms with Crippen LogP contribution < -0.4 is 11.1 Å². The van der Waals surface area contributed by atoms with Gasteiger partial charge in [-0.3, -0.25) is 24.5 Å². The smallest absolute Gasteiger partial charge is 0.342 e. The Balaban J connectivity index is 1.78. The molecule has 1 amide bonds. The molecular formula is C17H9N5O7S2. The monoisotopic (exact) mass is 459 g/mol. The lowest BCUT2D eigenvalue weighted by molar-refractivity contribution is -0.384. The number of benzene rings is 1. The van der Waals surface area contributed by atoms with Gasteiger partial charge < -0.3 is 4.74 Å². The van der Waals surface area contributed by atoms with Gasteiger partial charge in [0.2, 0.25) is 0 Å². The molecule has 3 aliphatic heterocycles. The van der Waals surface area contributed by atoms with Gasteiger partial charge >= 0.3 is 17.1 Å². The number of nitro groups is 1. The van der Waals surface area contributed by atoms with Gasteiger partial charge in [0.05, 0.1) is 22.2 Å². The zero-order valence-corrected chi connectivity index (χ0v) is 16.8. The summed E-state index contributed by atoms with van der Waals surface area (Å²) in [4.78, 5) is 63.0. The molecule has 0 saturated carbocycles. The zero-order chi connectivity index (χ0) is 21.9. The summed E-state index contributed by atoms with van der Waals surface area (Å²) in [6, 6.07) is 5.47. The molecule has 0 saturated heterocycles. The van der Waals surface area contributed by atoms with Crippen molar-refractivity contribution < 1.29 is 19.2 Å². The van der Waals surface area contributed by atoms with Gasteiger partial charge in [-0.25, -0.2) is 18.9 Å². The highest BCUT2D eigenvalue weighted by molar-refractivity contribution is 8.15. The number of carbonyl (C=O) groups is 2. The van der Waals surface area contributed by atoms with Crippen molar-refractivity contribution in [3.8, 4) is 0 Å². The van der Waals surface area contributed by atoms with Gasteiger partial charge in [0.15, 0.2) is 11.3 Å². The number of fused-ring (bicyclic) bond motifs is 3. The molecule has 2 unspecified atom stereocenters. The average Bonchev–Trinajstić information content (AvgIpc) is 3.33. The number of aromatic nitrogens is 3. The molecule has 5 rings (SSSR count). The molecular weight excluding hydrogens is 450 g/mol. The number of ether oxygens (including phenoxy) is 1. The zero-order valence-electron chi connectivity index (χ0n) is 15.1. The summed E-state index contributed by atoms with van der Waals surface area (Å²) in [6.07, 6.45) is 0. The number of H-pyrrole nitrogens is 1. The van der Waals surface area contributed by atoms with Crippen LogP contribution in [0.5, 0.6) is 0 Å². The van der Waals surface area contributed by atoms with Gasteiger partial charge in [-0.05, 0) is 23.3 Å². The maximum absolute atomic E-state index is 12.9. The minimum atomic E-state index is -0.927. The van der Waals surface area contributed by atoms with Crippen LogP contribution in [0.15, 0.2) is 44.4 Å². The minimum Gasteiger partial charge on any atom is -0.445 e. The van der Waals surface area contributed by atoms with Gasteiger partial charge in [0.25, 0.3) is 11.6 Å². The molecule has 0 aliphatic carbocycles. The molecule has 14 heteroatoms. The van der Waals surface area contributed by atoms with Crippen molar-refractivity contribution in [2.45, 2.75) is 11.4 Å². The van der Waals surface area contributed by atoms with Gasteiger partial charge in [0.1, 0.15) is 5.04 Å². The number of hydrogen-bond donors (Lipinski definition) is 1. The van der Waals surface area contributed by atoms with Crippen LogP contribution in [-0.4, -0.2) is 47.2 Å². The highest BCUT2D eigenvalue weighted by Crippen LogP contribution is 2.50. The van der Waals surface area contributed by atoms with E-state index in [1.54, 1.807) is 0 Å². The van der Waals surface area contributed by atoms with E-state index in [0.29, 0.717) is 11.1 Å². The summed E-state index contributed by atoms with van der Waals surface area (Å²) in [6.45, 7) is 0. The van der Waals surface area contributed by atoms with Crippen LogP contribution in [0.3, 0.4) is 0 Å². The number of nitrogens with one attached hydrogen (secondary N) is 1. The van der Waals surface area contributed by atoms with Crippen molar-refractivity contribution in [3.63, 3.8) is 0 Å². The fourth-order valence-corrected chi connectivity index (χ4v) is 5.48. The van der Waals surface area contributed by atoms with E-state index in [9.17, 15) is 29.3 Å². The highest BCUT2D eigenvalue weighted by Gasteiger charge is 2.49. The fraction of sp³-hybridized carbons (Fsp3) is 0.176. The molecule has 156 valence electrons. The molecule has 1 aromatic heterocycles. The number of carbonyl (C=O) groups excluding carboxylic acids is 2. The van der Waals surface area contributed by atoms with E-state index in [-0.39, 0.29) is 27.9 Å². The van der Waals surface area contributed by atoms with Crippen LogP contribution >= 0.6 is 23.7 Å². The second-order valence-corrected chi connectivity index (χ2v) is 8.56. The van der Waals surface area contributed by atoms with Crippen molar-refractivity contribution in [2.24, 2.45) is 4.99 Å². The largest absolute Gasteiger partial charge is 0.445 e. The topological polar surface area (TPSA) is 167 Å². The molecule has 0 spiro atoms. The van der Waals surface area contributed by atoms with Gasteiger partial charge in [-0.2, -0.15) is 5.10 Å². The van der Waals surface area contributed by atoms with Gasteiger partial charge in [0, 0.05) is 24.1 Å². The van der Waals surface area contributed by atoms with E-state index >= 15 is 0 Å². The summed E-state index contributed by atoms with van der Waals surface area (Å²) in [5.41, 5.74) is -2.03. The van der Waals surface area contributed by atoms with E-state index in [2.05, 4.69) is 15.2 Å². The van der Waals surface area contributed by atoms with Gasteiger partial charge in [-0.1, -0.05) is 11.8 Å². The predicted molar refractivity (Wildman–Crippen MR) is 110 cm³/mol. The molecule has 0 radical (unpaired) electrons. The molecule has 2 atom stereocenters. The molecule has 3 aliphatic rings. The summed E-state index contributed by atoms with van der Waals surface area (Å²) in [7, 11) is 0. The lowest BCUT2D eigenvalue weighted by Gasteiger charge is -2.28. The first-order valence-electron chi connectivity index (χ1n) is 8.68. The minimum absolute atomic E-state index is 0.0282. The number of aromatic amines is 1. The van der Waals surface area contributed by atoms with E-state index in [1.165, 1.54) is 24.3 Å². The number of esters is 1. The summed E-state index contributed by atoms with van der Waals surface area (Å²) in [5.74, 6) is -1.74. The van der Waals surface area contributed by atoms with E-state index in [0.717, 1.165) is 27.7 Å². The van der Waals surface area contributed by atoms with Crippen LogP contribution in [0, 0.1) is 10.1 Å². The third kappa shape index (κ3) is 3.02. The lowest BCUT2D eigenvalue weighted by atomic mass is 9.86. The maximum atomic E-state index is 12.9. The number of rotatable bonds is 3. The summed E-state index contributed by atoms with van der Waals surface area (Å²) in [5, 5.41) is 17.3. The first-order chi connectivity index (χ1) is 14.8. The SMILES string of the molecule is O=C1CSC(C2=C(c3ccc([N+](=O)[O-])cc3)C3c4n[nH]c(=O)c(=O)n4SC3OC2=O)=N1. The Hall–Kier alpha value is -3.52. The normalized spacial score (nSPS) is 22.1. The summed E-state index contributed by atoms with van der Waals surface area (Å²) >= 11 is 1.91. The Morgan fingerprint density at radius 2 is 1.94 bits per heavy atom. The van der Waals surface area contributed by atoms with Crippen LogP contribution in [0.2, 0.25) is 0 Å². The number of aliphatic imine (C=N–C) groups is 1. The van der Waals surface area contributed by atoms with E-state index in [1.807, 2.05) is 0 Å². The molecule has 0 fully saturated rings. The number of amides is 1. The molecule has 1 aromatic carbocycles. The highest BCUT2D eigenvalue weighted by atomic mass is 32.2. The van der Waals surface area contributed by atoms with Gasteiger partial charge in [-0.15, -0.1) is 0 Å². The van der Waals surface area contributed by atoms with Crippen molar-refractivity contribution in [2.75, 3.05) is 5.75 Å². The number of nitro benzene ring substituents is 1. The Labute approximate surface area is 179 Å². The molecule has 12 nitrogen and oxygen atoms in total. The molecule has 31 heavy (non-hydrogen) atoms. The average molecular weight is 459 g/mol. The lowest BCUT2D eigenvalue weighted by Crippen LogP contribution is -2.36. The number of non-ortho nitro benzene ring substituents is 1. The van der Waals surface area contributed by atoms with Crippen molar-refractivity contribution >= 4 is 51.9 Å².